The summed E-state index contributed by atoms with van der Waals surface area (Å²) in [7, 11) is 0. The standard InChI is InChI=1S/C11H22N2O/c12-11(9-4-7-14-8-5-9)10-3-1-2-6-13-10/h9-11,13H,1-8,12H2. The molecular weight excluding hydrogens is 176 g/mol. The van der Waals surface area contributed by atoms with Gasteiger partial charge in [-0.15, -0.1) is 0 Å². The fourth-order valence-electron chi connectivity index (χ4n) is 2.64. The first-order chi connectivity index (χ1) is 6.88. The van der Waals surface area contributed by atoms with E-state index in [1.807, 2.05) is 0 Å². The second-order valence-corrected chi connectivity index (χ2v) is 4.58. The highest BCUT2D eigenvalue weighted by Crippen LogP contribution is 2.22. The summed E-state index contributed by atoms with van der Waals surface area (Å²) in [5, 5.41) is 3.55. The Morgan fingerprint density at radius 2 is 1.93 bits per heavy atom. The van der Waals surface area contributed by atoms with E-state index in [2.05, 4.69) is 5.32 Å². The zero-order valence-corrected chi connectivity index (χ0v) is 8.87. The zero-order chi connectivity index (χ0) is 9.80. The molecule has 0 saturated carbocycles. The van der Waals surface area contributed by atoms with Crippen molar-refractivity contribution < 1.29 is 4.74 Å². The van der Waals surface area contributed by atoms with E-state index in [1.165, 1.54) is 19.3 Å². The molecule has 3 N–H and O–H groups in total. The van der Waals surface area contributed by atoms with Gasteiger partial charge < -0.3 is 15.8 Å². The molecule has 0 aromatic heterocycles. The molecule has 2 aliphatic rings. The van der Waals surface area contributed by atoms with E-state index in [1.54, 1.807) is 0 Å². The molecule has 2 heterocycles. The van der Waals surface area contributed by atoms with Crippen molar-refractivity contribution in [2.24, 2.45) is 11.7 Å². The minimum Gasteiger partial charge on any atom is -0.381 e. The third kappa shape index (κ3) is 2.47. The van der Waals surface area contributed by atoms with Gasteiger partial charge in [-0.25, -0.2) is 0 Å². The average Bonchev–Trinajstić information content (AvgIpc) is 2.30. The van der Waals surface area contributed by atoms with Crippen LogP contribution in [0.1, 0.15) is 32.1 Å². The number of piperidine rings is 1. The van der Waals surface area contributed by atoms with Gasteiger partial charge >= 0.3 is 0 Å². The van der Waals surface area contributed by atoms with E-state index in [-0.39, 0.29) is 0 Å². The lowest BCUT2D eigenvalue weighted by Crippen LogP contribution is -2.52. The number of nitrogens with two attached hydrogens (primary N) is 1. The number of ether oxygens (including phenoxy) is 1. The van der Waals surface area contributed by atoms with E-state index in [9.17, 15) is 0 Å². The molecule has 2 aliphatic heterocycles. The van der Waals surface area contributed by atoms with E-state index in [4.69, 9.17) is 10.5 Å². The van der Waals surface area contributed by atoms with Crippen LogP contribution in [-0.2, 0) is 4.74 Å². The van der Waals surface area contributed by atoms with Crippen molar-refractivity contribution in [2.75, 3.05) is 19.8 Å². The van der Waals surface area contributed by atoms with E-state index >= 15 is 0 Å². The number of rotatable bonds is 2. The molecule has 2 saturated heterocycles. The molecule has 2 rings (SSSR count). The molecule has 2 unspecified atom stereocenters. The Kier molecular flexibility index (Phi) is 3.79. The summed E-state index contributed by atoms with van der Waals surface area (Å²) in [4.78, 5) is 0. The molecule has 2 atom stereocenters. The van der Waals surface area contributed by atoms with Crippen LogP contribution in [0.3, 0.4) is 0 Å². The molecule has 2 fully saturated rings. The Bertz CT molecular complexity index is 145. The zero-order valence-electron chi connectivity index (χ0n) is 8.87. The third-order valence-electron chi connectivity index (χ3n) is 3.62. The maximum Gasteiger partial charge on any atom is 0.0469 e. The van der Waals surface area contributed by atoms with Gasteiger partial charge in [-0.3, -0.25) is 0 Å². The highest BCUT2D eigenvalue weighted by atomic mass is 16.5. The highest BCUT2D eigenvalue weighted by molar-refractivity contribution is 4.88. The summed E-state index contributed by atoms with van der Waals surface area (Å²) in [6.45, 7) is 2.97. The smallest absolute Gasteiger partial charge is 0.0469 e. The molecule has 0 amide bonds. The summed E-state index contributed by atoms with van der Waals surface area (Å²) in [6.07, 6.45) is 6.23. The molecule has 3 heteroatoms. The van der Waals surface area contributed by atoms with Crippen molar-refractivity contribution in [2.45, 2.75) is 44.2 Å². The largest absolute Gasteiger partial charge is 0.381 e. The van der Waals surface area contributed by atoms with Crippen LogP contribution >= 0.6 is 0 Å². The van der Waals surface area contributed by atoms with Crippen LogP contribution in [0.4, 0.5) is 0 Å². The molecule has 3 nitrogen and oxygen atoms in total. The predicted molar refractivity (Wildman–Crippen MR) is 57.2 cm³/mol. The van der Waals surface area contributed by atoms with Crippen molar-refractivity contribution in [1.29, 1.82) is 0 Å². The Morgan fingerprint density at radius 1 is 1.14 bits per heavy atom. The maximum atomic E-state index is 6.31. The lowest BCUT2D eigenvalue weighted by atomic mass is 9.84. The third-order valence-corrected chi connectivity index (χ3v) is 3.62. The minimum atomic E-state index is 0.346. The van der Waals surface area contributed by atoms with Crippen LogP contribution in [0.2, 0.25) is 0 Å². The molecule has 82 valence electrons. The fourth-order valence-corrected chi connectivity index (χ4v) is 2.64. The van der Waals surface area contributed by atoms with Gasteiger partial charge in [0.15, 0.2) is 0 Å². The van der Waals surface area contributed by atoms with Gasteiger partial charge in [0, 0.05) is 25.3 Å². The van der Waals surface area contributed by atoms with Crippen molar-refractivity contribution in [1.82, 2.24) is 5.32 Å². The molecule has 0 spiro atoms. The van der Waals surface area contributed by atoms with Crippen molar-refractivity contribution in [3.05, 3.63) is 0 Å². The van der Waals surface area contributed by atoms with Crippen LogP contribution in [0, 0.1) is 5.92 Å². The van der Waals surface area contributed by atoms with Crippen LogP contribution in [-0.4, -0.2) is 31.8 Å². The lowest BCUT2D eigenvalue weighted by Gasteiger charge is -2.35. The van der Waals surface area contributed by atoms with Crippen molar-refractivity contribution in [3.8, 4) is 0 Å². The SMILES string of the molecule is NC(C1CCOCC1)C1CCCCN1. The monoisotopic (exact) mass is 198 g/mol. The molecular formula is C11H22N2O. The second-order valence-electron chi connectivity index (χ2n) is 4.58. The van der Waals surface area contributed by atoms with E-state index < -0.39 is 0 Å². The summed E-state index contributed by atoms with van der Waals surface area (Å²) in [5.74, 6) is 0.680. The highest BCUT2D eigenvalue weighted by Gasteiger charge is 2.28. The Balaban J connectivity index is 1.82. The van der Waals surface area contributed by atoms with Crippen LogP contribution in [0.15, 0.2) is 0 Å². The van der Waals surface area contributed by atoms with Gasteiger partial charge in [0.05, 0.1) is 0 Å². The number of nitrogens with one attached hydrogen (secondary N) is 1. The quantitative estimate of drug-likeness (QED) is 0.692. The van der Waals surface area contributed by atoms with Crippen LogP contribution in [0.5, 0.6) is 0 Å². The molecule has 0 bridgehead atoms. The minimum absolute atomic E-state index is 0.346. The summed E-state index contributed by atoms with van der Waals surface area (Å²) < 4.78 is 5.36. The predicted octanol–water partition coefficient (Wildman–Crippen LogP) is 0.882. The van der Waals surface area contributed by atoms with Gasteiger partial charge in [-0.1, -0.05) is 6.42 Å². The maximum absolute atomic E-state index is 6.31. The van der Waals surface area contributed by atoms with Gasteiger partial charge in [-0.05, 0) is 38.1 Å². The molecule has 0 radical (unpaired) electrons. The normalized spacial score (nSPS) is 32.8. The lowest BCUT2D eigenvalue weighted by molar-refractivity contribution is 0.0522. The number of hydrogen-bond acceptors (Lipinski definition) is 3. The van der Waals surface area contributed by atoms with Crippen LogP contribution in [0.25, 0.3) is 0 Å². The first-order valence-electron chi connectivity index (χ1n) is 5.94. The van der Waals surface area contributed by atoms with Gasteiger partial charge in [0.2, 0.25) is 0 Å². The van der Waals surface area contributed by atoms with Crippen molar-refractivity contribution >= 4 is 0 Å². The summed E-state index contributed by atoms with van der Waals surface area (Å²) in [5.41, 5.74) is 6.31. The molecule has 0 aromatic rings. The summed E-state index contributed by atoms with van der Waals surface area (Å²) >= 11 is 0. The average molecular weight is 198 g/mol. The van der Waals surface area contributed by atoms with Crippen molar-refractivity contribution in [3.63, 3.8) is 0 Å². The second kappa shape index (κ2) is 5.10. The van der Waals surface area contributed by atoms with Gasteiger partial charge in [-0.2, -0.15) is 0 Å². The molecule has 0 aromatic carbocycles. The summed E-state index contributed by atoms with van der Waals surface area (Å²) in [6, 6.07) is 0.908. The van der Waals surface area contributed by atoms with Gasteiger partial charge in [0.1, 0.15) is 0 Å². The van der Waals surface area contributed by atoms with E-state index in [0.29, 0.717) is 18.0 Å². The Hall–Kier alpha value is -0.120. The van der Waals surface area contributed by atoms with E-state index in [0.717, 1.165) is 32.6 Å². The number of hydrogen-bond donors (Lipinski definition) is 2. The molecule has 14 heavy (non-hydrogen) atoms. The first kappa shape index (κ1) is 10.4. The van der Waals surface area contributed by atoms with Crippen LogP contribution < -0.4 is 11.1 Å². The Labute approximate surface area is 86.4 Å². The first-order valence-corrected chi connectivity index (χ1v) is 5.94. The Morgan fingerprint density at radius 3 is 2.57 bits per heavy atom. The van der Waals surface area contributed by atoms with Gasteiger partial charge in [0.25, 0.3) is 0 Å². The topological polar surface area (TPSA) is 47.3 Å². The fraction of sp³-hybridized carbons (Fsp3) is 1.00. The molecule has 0 aliphatic carbocycles.